The molecule has 0 aliphatic carbocycles. The van der Waals surface area contributed by atoms with Crippen molar-refractivity contribution < 1.29 is 8.83 Å². The molecule has 4 heterocycles. The molecule has 0 aliphatic heterocycles. The third-order valence-electron chi connectivity index (χ3n) is 9.73. The molecule has 0 spiro atoms. The Hall–Kier alpha value is -7.18. The minimum absolute atomic E-state index is 0.505. The molecule has 4 aromatic heterocycles. The predicted octanol–water partition coefficient (Wildman–Crippen LogP) is 11.9. The second-order valence-electron chi connectivity index (χ2n) is 12.7. The molecular weight excluding hydrogens is 641 g/mol. The fourth-order valence-corrected chi connectivity index (χ4v) is 7.20. The molecule has 10 rings (SSSR count). The van der Waals surface area contributed by atoms with Gasteiger partial charge in [-0.3, -0.25) is 9.97 Å². The van der Waals surface area contributed by atoms with Gasteiger partial charge in [-0.2, -0.15) is 0 Å². The summed E-state index contributed by atoms with van der Waals surface area (Å²) in [6, 6.07) is 47.6. The summed E-state index contributed by atoms with van der Waals surface area (Å²) in [5, 5.41) is 7.09. The molecule has 0 radical (unpaired) electrons. The Morgan fingerprint density at radius 3 is 1.13 bits per heavy atom. The Kier molecular flexibility index (Phi) is 7.03. The number of fused-ring (bicyclic) bond motifs is 6. The van der Waals surface area contributed by atoms with Gasteiger partial charge in [0.2, 0.25) is 11.8 Å². The lowest BCUT2D eigenvalue weighted by molar-refractivity contribution is 0.572. The van der Waals surface area contributed by atoms with Crippen molar-refractivity contribution in [3.63, 3.8) is 0 Å². The number of hydrogen-bond acceptors (Lipinski definition) is 6. The Balaban J connectivity index is 1.22. The Labute approximate surface area is 298 Å². The van der Waals surface area contributed by atoms with Crippen LogP contribution in [-0.2, 0) is 0 Å². The maximum Gasteiger partial charge on any atom is 0.244 e. The zero-order chi connectivity index (χ0) is 34.4. The first kappa shape index (κ1) is 29.7. The number of aromatic nitrogens is 4. The van der Waals surface area contributed by atoms with Crippen LogP contribution in [0.1, 0.15) is 0 Å². The molecule has 6 nitrogen and oxygen atoms in total. The fraction of sp³-hybridized carbons (Fsp3) is 0. The van der Waals surface area contributed by atoms with E-state index in [0.717, 1.165) is 22.3 Å². The second kappa shape index (κ2) is 12.3. The maximum absolute atomic E-state index is 5.47. The molecule has 6 aromatic carbocycles. The van der Waals surface area contributed by atoms with E-state index in [-0.39, 0.29) is 0 Å². The lowest BCUT2D eigenvalue weighted by Crippen LogP contribution is -1.91. The standard InChI is InChI=1S/C46H28N4O2/c1-3-7-29(8-4-1)37-25-41-39-23-31(33-13-17-43(49-27-33)45-47-19-21-51-45)11-15-35(39)36-16-12-32(34-14-18-44(50-28-34)46-48-20-22-52-46)24-40(36)42(41)26-38(37)30-9-5-2-6-10-30/h1-28H. The first-order valence-corrected chi connectivity index (χ1v) is 17.1. The van der Waals surface area contributed by atoms with E-state index < -0.39 is 0 Å². The molecule has 0 saturated carbocycles. The summed E-state index contributed by atoms with van der Waals surface area (Å²) in [4.78, 5) is 17.9. The Morgan fingerprint density at radius 1 is 0.327 bits per heavy atom. The molecular formula is C46H28N4O2. The number of benzene rings is 6. The van der Waals surface area contributed by atoms with Crippen LogP contribution < -0.4 is 0 Å². The van der Waals surface area contributed by atoms with E-state index in [4.69, 9.17) is 8.83 Å². The highest BCUT2D eigenvalue weighted by Crippen LogP contribution is 2.44. The van der Waals surface area contributed by atoms with Crippen LogP contribution in [0.3, 0.4) is 0 Å². The number of pyridine rings is 2. The van der Waals surface area contributed by atoms with Crippen LogP contribution in [0, 0.1) is 0 Å². The quantitative estimate of drug-likeness (QED) is 0.164. The average molecular weight is 669 g/mol. The van der Waals surface area contributed by atoms with Crippen molar-refractivity contribution in [1.82, 2.24) is 19.9 Å². The molecule has 52 heavy (non-hydrogen) atoms. The zero-order valence-electron chi connectivity index (χ0n) is 27.8. The van der Waals surface area contributed by atoms with Gasteiger partial charge >= 0.3 is 0 Å². The van der Waals surface area contributed by atoms with Gasteiger partial charge in [-0.1, -0.05) is 97.1 Å². The van der Waals surface area contributed by atoms with Gasteiger partial charge in [0.1, 0.15) is 23.9 Å². The minimum Gasteiger partial charge on any atom is -0.443 e. The van der Waals surface area contributed by atoms with Gasteiger partial charge in [0.25, 0.3) is 0 Å². The van der Waals surface area contributed by atoms with Gasteiger partial charge in [-0.15, -0.1) is 0 Å². The van der Waals surface area contributed by atoms with Crippen LogP contribution in [0.4, 0.5) is 0 Å². The van der Waals surface area contributed by atoms with Crippen molar-refractivity contribution in [1.29, 1.82) is 0 Å². The lowest BCUT2D eigenvalue weighted by Gasteiger charge is -2.18. The van der Waals surface area contributed by atoms with Crippen LogP contribution in [-0.4, -0.2) is 19.9 Å². The summed E-state index contributed by atoms with van der Waals surface area (Å²) in [6.45, 7) is 0. The second-order valence-corrected chi connectivity index (χ2v) is 12.7. The van der Waals surface area contributed by atoms with Crippen molar-refractivity contribution >= 4 is 32.3 Å². The average Bonchev–Trinajstić information content (AvgIpc) is 3.97. The minimum atomic E-state index is 0.505. The van der Waals surface area contributed by atoms with Crippen LogP contribution in [0.25, 0.3) is 100.0 Å². The van der Waals surface area contributed by atoms with Crippen LogP contribution in [0.5, 0.6) is 0 Å². The number of oxazole rings is 2. The van der Waals surface area contributed by atoms with Crippen molar-refractivity contribution in [2.24, 2.45) is 0 Å². The molecule has 6 heteroatoms. The first-order valence-electron chi connectivity index (χ1n) is 17.1. The summed E-state index contributed by atoms with van der Waals surface area (Å²) >= 11 is 0. The highest BCUT2D eigenvalue weighted by atomic mass is 16.3. The molecule has 0 unspecified atom stereocenters. The Bertz CT molecular complexity index is 2650. The van der Waals surface area contributed by atoms with Gasteiger partial charge in [0.05, 0.1) is 12.4 Å². The van der Waals surface area contributed by atoms with E-state index in [1.807, 2.05) is 24.5 Å². The monoisotopic (exact) mass is 668 g/mol. The molecule has 0 N–H and O–H groups in total. The fourth-order valence-electron chi connectivity index (χ4n) is 7.20. The van der Waals surface area contributed by atoms with Gasteiger partial charge in [-0.25, -0.2) is 9.97 Å². The highest BCUT2D eigenvalue weighted by Gasteiger charge is 2.17. The van der Waals surface area contributed by atoms with Crippen LogP contribution >= 0.6 is 0 Å². The lowest BCUT2D eigenvalue weighted by atomic mass is 9.86. The number of hydrogen-bond donors (Lipinski definition) is 0. The number of rotatable bonds is 6. The summed E-state index contributed by atoms with van der Waals surface area (Å²) in [5.41, 5.74) is 10.3. The molecule has 0 fully saturated rings. The van der Waals surface area contributed by atoms with Gasteiger partial charge < -0.3 is 8.83 Å². The molecule has 0 atom stereocenters. The normalized spacial score (nSPS) is 11.5. The smallest absolute Gasteiger partial charge is 0.244 e. The topological polar surface area (TPSA) is 77.8 Å². The molecule has 10 aromatic rings. The summed E-state index contributed by atoms with van der Waals surface area (Å²) in [7, 11) is 0. The van der Waals surface area contributed by atoms with Gasteiger partial charge in [-0.05, 0) is 102 Å². The highest BCUT2D eigenvalue weighted by molar-refractivity contribution is 6.27. The van der Waals surface area contributed by atoms with Gasteiger partial charge in [0, 0.05) is 23.5 Å². The molecule has 0 amide bonds. The third-order valence-corrected chi connectivity index (χ3v) is 9.73. The Morgan fingerprint density at radius 2 is 0.750 bits per heavy atom. The van der Waals surface area contributed by atoms with E-state index in [1.165, 1.54) is 54.6 Å². The third kappa shape index (κ3) is 5.13. The summed E-state index contributed by atoms with van der Waals surface area (Å²) in [6.07, 6.45) is 10.2. The van der Waals surface area contributed by atoms with E-state index in [1.54, 1.807) is 24.9 Å². The molecule has 0 aliphatic rings. The van der Waals surface area contributed by atoms with Crippen molar-refractivity contribution in [2.75, 3.05) is 0 Å². The zero-order valence-corrected chi connectivity index (χ0v) is 27.8. The molecule has 244 valence electrons. The van der Waals surface area contributed by atoms with Crippen molar-refractivity contribution in [2.45, 2.75) is 0 Å². The SMILES string of the molecule is c1ccc(-c2cc3c4cc(-c5ccc(-c6ncco6)nc5)ccc4c4ccc(-c5ccc(-c6ncco6)nc5)cc4c3cc2-c2ccccc2)cc1. The van der Waals surface area contributed by atoms with E-state index >= 15 is 0 Å². The van der Waals surface area contributed by atoms with E-state index in [9.17, 15) is 0 Å². The van der Waals surface area contributed by atoms with Crippen LogP contribution in [0.15, 0.2) is 180 Å². The van der Waals surface area contributed by atoms with Crippen molar-refractivity contribution in [3.05, 3.63) is 171 Å². The number of nitrogens with zero attached hydrogens (tertiary/aromatic N) is 4. The van der Waals surface area contributed by atoms with Crippen molar-refractivity contribution in [3.8, 4) is 67.7 Å². The predicted molar refractivity (Wildman–Crippen MR) is 207 cm³/mol. The van der Waals surface area contributed by atoms with Gasteiger partial charge in [0.15, 0.2) is 0 Å². The maximum atomic E-state index is 5.47. The summed E-state index contributed by atoms with van der Waals surface area (Å²) < 4.78 is 10.9. The summed E-state index contributed by atoms with van der Waals surface area (Å²) in [5.74, 6) is 1.01. The van der Waals surface area contributed by atoms with Crippen LogP contribution in [0.2, 0.25) is 0 Å². The first-order chi connectivity index (χ1) is 25.8. The van der Waals surface area contributed by atoms with E-state index in [0.29, 0.717) is 23.2 Å². The molecule has 0 saturated heterocycles. The molecule has 0 bridgehead atoms. The van der Waals surface area contributed by atoms with E-state index in [2.05, 4.69) is 141 Å². The largest absolute Gasteiger partial charge is 0.443 e.